The molecular formula is C21H19ClFN3O3S. The Morgan fingerprint density at radius 2 is 1.83 bits per heavy atom. The monoisotopic (exact) mass is 447 g/mol. The number of benzene rings is 2. The Morgan fingerprint density at radius 1 is 1.10 bits per heavy atom. The van der Waals surface area contributed by atoms with E-state index < -0.39 is 21.3 Å². The fraction of sp³-hybridized carbons (Fsp3) is 0.333. The molecule has 4 rings (SSSR count). The lowest BCUT2D eigenvalue weighted by molar-refractivity contribution is -0.127. The number of anilines is 1. The summed E-state index contributed by atoms with van der Waals surface area (Å²) in [6.45, 7) is 0.663. The van der Waals surface area contributed by atoms with Gasteiger partial charge in [-0.25, -0.2) is 12.8 Å². The second-order valence-electron chi connectivity index (χ2n) is 7.66. The zero-order chi connectivity index (χ0) is 21.5. The van der Waals surface area contributed by atoms with E-state index in [-0.39, 0.29) is 23.0 Å². The van der Waals surface area contributed by atoms with Crippen LogP contribution in [0.2, 0.25) is 5.02 Å². The maximum absolute atomic E-state index is 14.3. The van der Waals surface area contributed by atoms with Crippen molar-refractivity contribution >= 4 is 33.2 Å². The molecule has 2 aliphatic rings. The summed E-state index contributed by atoms with van der Waals surface area (Å²) in [5, 5.41) is 9.24. The highest BCUT2D eigenvalue weighted by Crippen LogP contribution is 2.43. The summed E-state index contributed by atoms with van der Waals surface area (Å²) in [6, 6.07) is 11.7. The lowest BCUT2D eigenvalue weighted by Crippen LogP contribution is -2.49. The number of sulfonamides is 1. The first kappa shape index (κ1) is 20.8. The Hall–Kier alpha value is -2.47. The number of rotatable bonds is 3. The quantitative estimate of drug-likeness (QED) is 0.720. The standard InChI is InChI=1S/C21H19ClFN3O3S/c22-16-4-7-18(23)19(12-16)26-11-9-21(20(26)27)8-1-10-25(14-21)30(28,29)17-5-2-15(13-24)3-6-17/h2-7,12H,1,8-11,14H2. The van der Waals surface area contributed by atoms with Gasteiger partial charge < -0.3 is 4.90 Å². The van der Waals surface area contributed by atoms with E-state index in [1.54, 1.807) is 0 Å². The molecule has 1 atom stereocenters. The van der Waals surface area contributed by atoms with Crippen LogP contribution in [0.3, 0.4) is 0 Å². The summed E-state index contributed by atoms with van der Waals surface area (Å²) >= 11 is 5.98. The summed E-state index contributed by atoms with van der Waals surface area (Å²) < 4.78 is 41.9. The van der Waals surface area contributed by atoms with Gasteiger partial charge in [0.25, 0.3) is 0 Å². The minimum atomic E-state index is -3.81. The van der Waals surface area contributed by atoms with Gasteiger partial charge in [0.2, 0.25) is 15.9 Å². The first-order valence-corrected chi connectivity index (χ1v) is 11.4. The van der Waals surface area contributed by atoms with Crippen LogP contribution in [0.5, 0.6) is 0 Å². The number of carbonyl (C=O) groups is 1. The van der Waals surface area contributed by atoms with Gasteiger partial charge >= 0.3 is 0 Å². The third kappa shape index (κ3) is 3.47. The highest BCUT2D eigenvalue weighted by molar-refractivity contribution is 7.89. The zero-order valence-corrected chi connectivity index (χ0v) is 17.6. The molecule has 0 aromatic heterocycles. The lowest BCUT2D eigenvalue weighted by atomic mass is 9.79. The molecule has 2 heterocycles. The third-order valence-corrected chi connectivity index (χ3v) is 7.97. The van der Waals surface area contributed by atoms with Crippen LogP contribution >= 0.6 is 11.6 Å². The average Bonchev–Trinajstić information content (AvgIpc) is 3.05. The topological polar surface area (TPSA) is 81.5 Å². The van der Waals surface area contributed by atoms with Crippen LogP contribution in [0, 0.1) is 22.6 Å². The molecule has 2 aliphatic heterocycles. The average molecular weight is 448 g/mol. The van der Waals surface area contributed by atoms with Crippen molar-refractivity contribution in [3.05, 3.63) is 58.9 Å². The van der Waals surface area contributed by atoms with Gasteiger partial charge in [0.05, 0.1) is 27.6 Å². The molecule has 1 unspecified atom stereocenters. The number of carbonyl (C=O) groups excluding carboxylic acids is 1. The fourth-order valence-electron chi connectivity index (χ4n) is 4.27. The lowest BCUT2D eigenvalue weighted by Gasteiger charge is -2.38. The van der Waals surface area contributed by atoms with Gasteiger partial charge in [-0.1, -0.05) is 11.6 Å². The van der Waals surface area contributed by atoms with Crippen LogP contribution in [0.15, 0.2) is 47.4 Å². The van der Waals surface area contributed by atoms with E-state index in [9.17, 15) is 17.6 Å². The van der Waals surface area contributed by atoms with Crippen LogP contribution in [0.25, 0.3) is 0 Å². The molecule has 2 aromatic carbocycles. The number of piperidine rings is 1. The summed E-state index contributed by atoms with van der Waals surface area (Å²) in [7, 11) is -3.81. The van der Waals surface area contributed by atoms with E-state index in [2.05, 4.69) is 0 Å². The van der Waals surface area contributed by atoms with Gasteiger partial charge in [0.1, 0.15) is 5.82 Å². The number of hydrogen-bond donors (Lipinski definition) is 0. The molecule has 0 aliphatic carbocycles. The number of hydrogen-bond acceptors (Lipinski definition) is 4. The molecule has 9 heteroatoms. The normalized spacial score (nSPS) is 22.4. The third-order valence-electron chi connectivity index (χ3n) is 5.87. The number of amides is 1. The molecule has 2 saturated heterocycles. The molecule has 0 saturated carbocycles. The van der Waals surface area contributed by atoms with Crippen molar-refractivity contribution in [2.24, 2.45) is 5.41 Å². The number of nitriles is 1. The molecule has 1 amide bonds. The second-order valence-corrected chi connectivity index (χ2v) is 10.0. The van der Waals surface area contributed by atoms with Crippen molar-refractivity contribution < 1.29 is 17.6 Å². The van der Waals surface area contributed by atoms with Crippen LogP contribution in [0.4, 0.5) is 10.1 Å². The van der Waals surface area contributed by atoms with Gasteiger partial charge in [0.15, 0.2) is 0 Å². The molecule has 0 N–H and O–H groups in total. The molecule has 0 bridgehead atoms. The minimum absolute atomic E-state index is 0.0485. The molecule has 30 heavy (non-hydrogen) atoms. The van der Waals surface area contributed by atoms with E-state index in [0.29, 0.717) is 42.9 Å². The molecule has 2 fully saturated rings. The maximum Gasteiger partial charge on any atom is 0.243 e. The molecule has 0 radical (unpaired) electrons. The van der Waals surface area contributed by atoms with Gasteiger partial charge in [-0.15, -0.1) is 0 Å². The van der Waals surface area contributed by atoms with Crippen LogP contribution in [-0.4, -0.2) is 38.3 Å². The van der Waals surface area contributed by atoms with Gasteiger partial charge in [0, 0.05) is 24.7 Å². The number of nitrogens with zero attached hydrogens (tertiary/aromatic N) is 3. The maximum atomic E-state index is 14.3. The van der Waals surface area contributed by atoms with Crippen molar-refractivity contribution in [2.75, 3.05) is 24.5 Å². The van der Waals surface area contributed by atoms with Crippen molar-refractivity contribution in [2.45, 2.75) is 24.2 Å². The van der Waals surface area contributed by atoms with Crippen molar-refractivity contribution in [1.82, 2.24) is 4.31 Å². The van der Waals surface area contributed by atoms with E-state index in [1.807, 2.05) is 6.07 Å². The van der Waals surface area contributed by atoms with Crippen molar-refractivity contribution in [3.8, 4) is 6.07 Å². The van der Waals surface area contributed by atoms with Crippen molar-refractivity contribution in [1.29, 1.82) is 5.26 Å². The Morgan fingerprint density at radius 3 is 2.53 bits per heavy atom. The van der Waals surface area contributed by atoms with Gasteiger partial charge in [-0.05, 0) is 61.7 Å². The van der Waals surface area contributed by atoms with Crippen LogP contribution in [0.1, 0.15) is 24.8 Å². The summed E-state index contributed by atoms with van der Waals surface area (Å²) in [4.78, 5) is 14.8. The first-order chi connectivity index (χ1) is 14.3. The van der Waals surface area contributed by atoms with E-state index in [0.717, 1.165) is 0 Å². The summed E-state index contributed by atoms with van der Waals surface area (Å²) in [5.41, 5.74) is -0.391. The Labute approximate surface area is 179 Å². The Bertz CT molecular complexity index is 1150. The Balaban J connectivity index is 1.61. The molecule has 2 aromatic rings. The second kappa shape index (κ2) is 7.65. The highest BCUT2D eigenvalue weighted by atomic mass is 35.5. The smallest absolute Gasteiger partial charge is 0.243 e. The SMILES string of the molecule is N#Cc1ccc(S(=O)(=O)N2CCCC3(CCN(c4cc(Cl)ccc4F)C3=O)C2)cc1. The van der Waals surface area contributed by atoms with E-state index in [1.165, 1.54) is 51.7 Å². The Kier molecular flexibility index (Phi) is 5.30. The predicted molar refractivity (Wildman–Crippen MR) is 110 cm³/mol. The molecule has 156 valence electrons. The summed E-state index contributed by atoms with van der Waals surface area (Å²) in [5.74, 6) is -0.814. The molecule has 6 nitrogen and oxygen atoms in total. The van der Waals surface area contributed by atoms with Crippen LogP contribution in [-0.2, 0) is 14.8 Å². The highest BCUT2D eigenvalue weighted by Gasteiger charge is 2.51. The van der Waals surface area contributed by atoms with Crippen LogP contribution < -0.4 is 4.90 Å². The molecule has 1 spiro atoms. The van der Waals surface area contributed by atoms with E-state index >= 15 is 0 Å². The minimum Gasteiger partial charge on any atom is -0.309 e. The van der Waals surface area contributed by atoms with E-state index in [4.69, 9.17) is 16.9 Å². The number of halogens is 2. The summed E-state index contributed by atoms with van der Waals surface area (Å²) in [6.07, 6.45) is 1.52. The first-order valence-electron chi connectivity index (χ1n) is 9.54. The molecular weight excluding hydrogens is 429 g/mol. The zero-order valence-electron chi connectivity index (χ0n) is 16.0. The fourth-order valence-corrected chi connectivity index (χ4v) is 6.00. The largest absolute Gasteiger partial charge is 0.309 e. The van der Waals surface area contributed by atoms with Gasteiger partial charge in [-0.2, -0.15) is 9.57 Å². The van der Waals surface area contributed by atoms with Gasteiger partial charge in [-0.3, -0.25) is 4.79 Å². The van der Waals surface area contributed by atoms with Crippen molar-refractivity contribution in [3.63, 3.8) is 0 Å². The predicted octanol–water partition coefficient (Wildman–Crippen LogP) is 3.56.